The molecular formula is C36H39ClF5N3O6S. The Labute approximate surface area is 303 Å². The summed E-state index contributed by atoms with van der Waals surface area (Å²) in [5.41, 5.74) is 0.999. The molecule has 16 heteroatoms. The van der Waals surface area contributed by atoms with Gasteiger partial charge in [0.05, 0.1) is 11.5 Å². The number of aliphatic carboxylic acids is 1. The van der Waals surface area contributed by atoms with Crippen molar-refractivity contribution in [2.45, 2.75) is 67.6 Å². The van der Waals surface area contributed by atoms with Crippen LogP contribution in [0.15, 0.2) is 77.7 Å². The lowest BCUT2D eigenvalue weighted by Crippen LogP contribution is -2.57. The highest BCUT2D eigenvalue weighted by Gasteiger charge is 2.52. The Morgan fingerprint density at radius 1 is 0.885 bits per heavy atom. The van der Waals surface area contributed by atoms with Gasteiger partial charge in [-0.05, 0) is 78.6 Å². The Kier molecular flexibility index (Phi) is 12.5. The molecule has 1 saturated carbocycles. The van der Waals surface area contributed by atoms with E-state index in [2.05, 4.69) is 10.0 Å². The van der Waals surface area contributed by atoms with E-state index in [1.165, 1.54) is 72.7 Å². The largest absolute Gasteiger partial charge is 0.493 e. The molecule has 0 aromatic heterocycles. The van der Waals surface area contributed by atoms with Gasteiger partial charge in [-0.25, -0.2) is 13.2 Å². The third-order valence-electron chi connectivity index (χ3n) is 9.65. The molecule has 1 aliphatic carbocycles. The van der Waals surface area contributed by atoms with Gasteiger partial charge >= 0.3 is 12.1 Å². The maximum Gasteiger partial charge on any atom is 0.490 e. The number of sulfonamides is 1. The van der Waals surface area contributed by atoms with E-state index in [9.17, 15) is 26.4 Å². The summed E-state index contributed by atoms with van der Waals surface area (Å²) in [7, 11) is -4.52. The zero-order valence-electron chi connectivity index (χ0n) is 27.9. The fraction of sp³-hybridized carbons (Fsp3) is 0.444. The third-order valence-corrected chi connectivity index (χ3v) is 11.3. The molecule has 2 saturated heterocycles. The zero-order chi connectivity index (χ0) is 37.7. The van der Waals surface area contributed by atoms with Crippen molar-refractivity contribution in [3.05, 3.63) is 83.4 Å². The first-order valence-corrected chi connectivity index (χ1v) is 18.7. The number of halogens is 6. The van der Waals surface area contributed by atoms with Crippen molar-refractivity contribution in [1.82, 2.24) is 14.9 Å². The molecule has 52 heavy (non-hydrogen) atoms. The molecule has 0 spiro atoms. The highest BCUT2D eigenvalue weighted by molar-refractivity contribution is 7.89. The number of likely N-dealkylation sites (tertiary alicyclic amines) is 1. The number of carbonyl (C=O) groups excluding carboxylic acids is 1. The Morgan fingerprint density at radius 2 is 1.46 bits per heavy atom. The number of rotatable bonds is 10. The number of hydrogen-bond acceptors (Lipinski definition) is 6. The Hall–Kier alpha value is -3.79. The Balaban J connectivity index is 0.000000679. The van der Waals surface area contributed by atoms with E-state index in [-0.39, 0.29) is 16.9 Å². The number of nitrogens with one attached hydrogen (secondary N) is 2. The van der Waals surface area contributed by atoms with Gasteiger partial charge in [-0.15, -0.1) is 0 Å². The molecule has 0 radical (unpaired) electrons. The van der Waals surface area contributed by atoms with E-state index in [1.807, 2.05) is 0 Å². The molecule has 9 nitrogen and oxygen atoms in total. The van der Waals surface area contributed by atoms with Gasteiger partial charge in [0, 0.05) is 36.3 Å². The van der Waals surface area contributed by atoms with Crippen molar-refractivity contribution in [2.75, 3.05) is 26.2 Å². The summed E-state index contributed by atoms with van der Waals surface area (Å²) in [5, 5.41) is 10.9. The lowest BCUT2D eigenvalue weighted by molar-refractivity contribution is -0.192. The van der Waals surface area contributed by atoms with Gasteiger partial charge in [0.1, 0.15) is 5.75 Å². The van der Waals surface area contributed by atoms with Crippen LogP contribution in [0.5, 0.6) is 5.75 Å². The number of fused-ring (bicyclic) bond motifs is 1. The molecule has 3 fully saturated rings. The van der Waals surface area contributed by atoms with Crippen LogP contribution in [0.25, 0.3) is 11.1 Å². The fourth-order valence-corrected chi connectivity index (χ4v) is 8.08. The van der Waals surface area contributed by atoms with Crippen LogP contribution >= 0.6 is 11.6 Å². The first kappa shape index (κ1) is 39.4. The third kappa shape index (κ3) is 9.60. The number of carboxylic acids is 1. The number of nitrogens with zero attached hydrogens (tertiary/aromatic N) is 1. The molecule has 0 bridgehead atoms. The molecule has 3 aliphatic rings. The fourth-order valence-electron chi connectivity index (χ4n) is 6.77. The van der Waals surface area contributed by atoms with Crippen LogP contribution in [-0.2, 0) is 25.5 Å². The van der Waals surface area contributed by atoms with Crippen molar-refractivity contribution in [1.29, 1.82) is 0 Å². The molecule has 6 rings (SSSR count). The molecule has 3 atom stereocenters. The minimum absolute atomic E-state index is 0.152. The van der Waals surface area contributed by atoms with E-state index in [0.29, 0.717) is 54.9 Å². The summed E-state index contributed by atoms with van der Waals surface area (Å²) < 4.78 is 99.7. The van der Waals surface area contributed by atoms with E-state index < -0.39 is 45.6 Å². The summed E-state index contributed by atoms with van der Waals surface area (Å²) in [6.07, 6.45) is 1.42. The standard InChI is InChI=1S/C34H38ClF2N3O4S.C2HF3O2/c35-28-12-8-25(9-13-28)24-6-10-27(11-7-24)34(36,37)32(33(41)40-19-18-26-20-38-21-31(26)40)39-45(42,43)30-16-14-29(15-17-30)44-22-23-4-2-1-3-5-23;3-2(4,5)1(6)7/h6-17,23,26,31-32,38-39H,1-5,18-22H2;(H,6,7)/t26-,31+,32+;/m1./s1. The highest BCUT2D eigenvalue weighted by Crippen LogP contribution is 2.37. The second kappa shape index (κ2) is 16.5. The zero-order valence-corrected chi connectivity index (χ0v) is 29.5. The van der Waals surface area contributed by atoms with E-state index >= 15 is 8.78 Å². The van der Waals surface area contributed by atoms with Crippen LogP contribution in [-0.4, -0.2) is 74.8 Å². The first-order valence-electron chi connectivity index (χ1n) is 16.9. The summed E-state index contributed by atoms with van der Waals surface area (Å²) >= 11 is 5.98. The number of ether oxygens (including phenoxy) is 1. The second-order valence-corrected chi connectivity index (χ2v) is 15.3. The van der Waals surface area contributed by atoms with E-state index in [4.69, 9.17) is 26.2 Å². The summed E-state index contributed by atoms with van der Waals surface area (Å²) in [5.74, 6) is -6.41. The molecule has 0 unspecified atom stereocenters. The average molecular weight is 772 g/mol. The van der Waals surface area contributed by atoms with Crippen LogP contribution in [0, 0.1) is 11.8 Å². The number of carbonyl (C=O) groups is 2. The van der Waals surface area contributed by atoms with Gasteiger partial charge in [0.2, 0.25) is 15.9 Å². The maximum absolute atomic E-state index is 16.4. The molecule has 1 amide bonds. The molecule has 2 heterocycles. The van der Waals surface area contributed by atoms with Gasteiger partial charge in [0.15, 0.2) is 6.04 Å². The van der Waals surface area contributed by atoms with Crippen molar-refractivity contribution >= 4 is 33.5 Å². The van der Waals surface area contributed by atoms with E-state index in [1.54, 1.807) is 24.3 Å². The van der Waals surface area contributed by atoms with Crippen LogP contribution in [0.3, 0.4) is 0 Å². The summed E-state index contributed by atoms with van der Waals surface area (Å²) in [6.45, 7) is 2.03. The normalized spacial score (nSPS) is 20.1. The first-order chi connectivity index (χ1) is 24.6. The Bertz CT molecular complexity index is 1790. The molecular weight excluding hydrogens is 733 g/mol. The molecule has 3 N–H and O–H groups in total. The molecule has 3 aromatic carbocycles. The SMILES string of the molecule is O=C(O)C(F)(F)F.O=C([C@H](NS(=O)(=O)c1ccc(OCC2CCCCC2)cc1)C(F)(F)c1ccc(-c2ccc(Cl)cc2)cc1)N1CC[C@@H]2CNC[C@@H]21. The van der Waals surface area contributed by atoms with Crippen LogP contribution < -0.4 is 14.8 Å². The Morgan fingerprint density at radius 3 is 2.04 bits per heavy atom. The lowest BCUT2D eigenvalue weighted by Gasteiger charge is -2.33. The van der Waals surface area contributed by atoms with Crippen molar-refractivity contribution < 1.29 is 49.8 Å². The van der Waals surface area contributed by atoms with Gasteiger partial charge < -0.3 is 20.1 Å². The minimum atomic E-state index is -5.08. The predicted molar refractivity (Wildman–Crippen MR) is 184 cm³/mol. The van der Waals surface area contributed by atoms with Crippen LogP contribution in [0.4, 0.5) is 22.0 Å². The highest BCUT2D eigenvalue weighted by atomic mass is 35.5. The van der Waals surface area contributed by atoms with Crippen LogP contribution in [0.2, 0.25) is 5.02 Å². The van der Waals surface area contributed by atoms with Crippen molar-refractivity contribution in [3.8, 4) is 16.9 Å². The van der Waals surface area contributed by atoms with Gasteiger partial charge in [-0.3, -0.25) is 4.79 Å². The molecule has 2 aliphatic heterocycles. The molecule has 282 valence electrons. The number of carboxylic acid groups (broad SMARTS) is 1. The van der Waals surface area contributed by atoms with Gasteiger partial charge in [-0.2, -0.15) is 26.7 Å². The minimum Gasteiger partial charge on any atom is -0.493 e. The number of benzene rings is 3. The second-order valence-electron chi connectivity index (χ2n) is 13.2. The smallest absolute Gasteiger partial charge is 0.490 e. The van der Waals surface area contributed by atoms with Crippen LogP contribution in [0.1, 0.15) is 44.1 Å². The van der Waals surface area contributed by atoms with Crippen molar-refractivity contribution in [3.63, 3.8) is 0 Å². The summed E-state index contributed by atoms with van der Waals surface area (Å²) in [6, 6.07) is 15.6. The maximum atomic E-state index is 16.4. The van der Waals surface area contributed by atoms with E-state index in [0.717, 1.165) is 18.4 Å². The topological polar surface area (TPSA) is 125 Å². The number of alkyl halides is 5. The monoisotopic (exact) mass is 771 g/mol. The van der Waals surface area contributed by atoms with Gasteiger partial charge in [0.25, 0.3) is 5.92 Å². The average Bonchev–Trinajstić information content (AvgIpc) is 3.75. The number of amides is 1. The van der Waals surface area contributed by atoms with Gasteiger partial charge in [-0.1, -0.05) is 67.3 Å². The predicted octanol–water partition coefficient (Wildman–Crippen LogP) is 6.86. The summed E-state index contributed by atoms with van der Waals surface area (Å²) in [4.78, 5) is 24.0. The number of hydrogen-bond donors (Lipinski definition) is 3. The molecule has 3 aromatic rings. The lowest BCUT2D eigenvalue weighted by atomic mass is 9.90. The van der Waals surface area contributed by atoms with Crippen molar-refractivity contribution in [2.24, 2.45) is 11.8 Å². The quantitative estimate of drug-likeness (QED) is 0.193.